The van der Waals surface area contributed by atoms with Crippen molar-refractivity contribution < 1.29 is 4.79 Å². The topological polar surface area (TPSA) is 78.9 Å². The third-order valence-corrected chi connectivity index (χ3v) is 2.82. The molecule has 0 bridgehead atoms. The molecule has 0 saturated carbocycles. The molecule has 0 aliphatic heterocycles. The molecular weight excluding hydrogens is 290 g/mol. The molecule has 0 spiro atoms. The number of benzene rings is 1. The fourth-order valence-electron chi connectivity index (χ4n) is 2.01. The lowest BCUT2D eigenvalue weighted by Crippen LogP contribution is -2.27. The standard InChI is InChI=1S/C17H23N5O/c1-11-10-15(21-16(18-11)22-17(3,4)5)20-14-8-6-13(7-9-14)19-12(2)23/h6-10H,1-5H3,(H,19,23)(H2,18,20,21,22). The van der Waals surface area contributed by atoms with Crippen LogP contribution < -0.4 is 16.0 Å². The van der Waals surface area contributed by atoms with E-state index in [1.165, 1.54) is 6.92 Å². The van der Waals surface area contributed by atoms with Crippen LogP contribution in [0, 0.1) is 6.92 Å². The predicted octanol–water partition coefficient (Wildman–Crippen LogP) is 3.70. The van der Waals surface area contributed by atoms with E-state index in [0.717, 1.165) is 22.9 Å². The molecule has 1 aromatic carbocycles. The molecule has 1 amide bonds. The third kappa shape index (κ3) is 5.58. The molecule has 1 heterocycles. The van der Waals surface area contributed by atoms with Crippen LogP contribution in [-0.4, -0.2) is 21.4 Å². The normalized spacial score (nSPS) is 11.0. The van der Waals surface area contributed by atoms with Crippen LogP contribution in [-0.2, 0) is 4.79 Å². The van der Waals surface area contributed by atoms with E-state index >= 15 is 0 Å². The molecule has 6 nitrogen and oxygen atoms in total. The van der Waals surface area contributed by atoms with Crippen molar-refractivity contribution in [3.63, 3.8) is 0 Å². The average Bonchev–Trinajstić information content (AvgIpc) is 2.37. The van der Waals surface area contributed by atoms with Crippen molar-refractivity contribution in [2.45, 2.75) is 40.2 Å². The third-order valence-electron chi connectivity index (χ3n) is 2.82. The van der Waals surface area contributed by atoms with Gasteiger partial charge in [0.1, 0.15) is 5.82 Å². The fourth-order valence-corrected chi connectivity index (χ4v) is 2.01. The Morgan fingerprint density at radius 3 is 2.22 bits per heavy atom. The zero-order chi connectivity index (χ0) is 17.0. The Bertz CT molecular complexity index is 689. The summed E-state index contributed by atoms with van der Waals surface area (Å²) in [6, 6.07) is 9.34. The maximum Gasteiger partial charge on any atom is 0.225 e. The minimum Gasteiger partial charge on any atom is -0.350 e. The van der Waals surface area contributed by atoms with E-state index in [2.05, 4.69) is 46.7 Å². The van der Waals surface area contributed by atoms with Crippen molar-refractivity contribution in [1.82, 2.24) is 9.97 Å². The van der Waals surface area contributed by atoms with E-state index in [1.54, 1.807) is 0 Å². The summed E-state index contributed by atoms with van der Waals surface area (Å²) in [5.41, 5.74) is 2.42. The van der Waals surface area contributed by atoms with Gasteiger partial charge in [-0.3, -0.25) is 4.79 Å². The van der Waals surface area contributed by atoms with Gasteiger partial charge < -0.3 is 16.0 Å². The van der Waals surface area contributed by atoms with E-state index in [1.807, 2.05) is 37.3 Å². The van der Waals surface area contributed by atoms with Crippen molar-refractivity contribution in [3.8, 4) is 0 Å². The molecule has 1 aromatic heterocycles. The molecule has 0 unspecified atom stereocenters. The number of carbonyl (C=O) groups is 1. The molecule has 0 aliphatic rings. The Morgan fingerprint density at radius 1 is 1.04 bits per heavy atom. The van der Waals surface area contributed by atoms with Gasteiger partial charge >= 0.3 is 0 Å². The number of nitrogens with zero attached hydrogens (tertiary/aromatic N) is 2. The molecule has 23 heavy (non-hydrogen) atoms. The average molecular weight is 313 g/mol. The molecule has 0 saturated heterocycles. The van der Waals surface area contributed by atoms with Gasteiger partial charge in [-0.1, -0.05) is 0 Å². The van der Waals surface area contributed by atoms with Gasteiger partial charge in [-0.25, -0.2) is 4.98 Å². The highest BCUT2D eigenvalue weighted by molar-refractivity contribution is 5.88. The van der Waals surface area contributed by atoms with Gasteiger partial charge in [0.15, 0.2) is 0 Å². The Balaban J connectivity index is 2.14. The molecule has 6 heteroatoms. The second-order valence-electron chi connectivity index (χ2n) is 6.48. The maximum atomic E-state index is 11.0. The van der Waals surface area contributed by atoms with E-state index in [0.29, 0.717) is 5.95 Å². The van der Waals surface area contributed by atoms with Gasteiger partial charge in [-0.15, -0.1) is 0 Å². The van der Waals surface area contributed by atoms with Gasteiger partial charge in [0.2, 0.25) is 11.9 Å². The van der Waals surface area contributed by atoms with Crippen LogP contribution in [0.15, 0.2) is 30.3 Å². The minimum absolute atomic E-state index is 0.0879. The molecule has 3 N–H and O–H groups in total. The van der Waals surface area contributed by atoms with Crippen molar-refractivity contribution in [1.29, 1.82) is 0 Å². The Labute approximate surface area is 136 Å². The highest BCUT2D eigenvalue weighted by Gasteiger charge is 2.12. The molecule has 0 aliphatic carbocycles. The van der Waals surface area contributed by atoms with E-state index in [9.17, 15) is 4.79 Å². The summed E-state index contributed by atoms with van der Waals surface area (Å²) in [5, 5.41) is 9.25. The quantitative estimate of drug-likeness (QED) is 0.802. The van der Waals surface area contributed by atoms with Crippen molar-refractivity contribution in [2.24, 2.45) is 0 Å². The summed E-state index contributed by atoms with van der Waals surface area (Å²) in [6.07, 6.45) is 0. The number of hydrogen-bond donors (Lipinski definition) is 3. The Hall–Kier alpha value is -2.63. The van der Waals surface area contributed by atoms with Crippen LogP contribution in [0.2, 0.25) is 0 Å². The second kappa shape index (κ2) is 6.64. The van der Waals surface area contributed by atoms with Crippen molar-refractivity contribution in [3.05, 3.63) is 36.0 Å². The van der Waals surface area contributed by atoms with Crippen molar-refractivity contribution in [2.75, 3.05) is 16.0 Å². The molecule has 0 radical (unpaired) electrons. The molecule has 2 aromatic rings. The molecule has 2 rings (SSSR count). The maximum absolute atomic E-state index is 11.0. The number of carbonyl (C=O) groups excluding carboxylic acids is 1. The largest absolute Gasteiger partial charge is 0.350 e. The Kier molecular flexibility index (Phi) is 4.83. The lowest BCUT2D eigenvalue weighted by atomic mass is 10.1. The first-order valence-corrected chi connectivity index (χ1v) is 7.50. The molecule has 122 valence electrons. The van der Waals surface area contributed by atoms with E-state index in [-0.39, 0.29) is 11.4 Å². The van der Waals surface area contributed by atoms with Gasteiger partial charge in [-0.05, 0) is 52.0 Å². The first-order chi connectivity index (χ1) is 10.7. The monoisotopic (exact) mass is 313 g/mol. The van der Waals surface area contributed by atoms with Crippen LogP contribution >= 0.6 is 0 Å². The van der Waals surface area contributed by atoms with Crippen LogP contribution in [0.1, 0.15) is 33.4 Å². The van der Waals surface area contributed by atoms with Crippen LogP contribution in [0.4, 0.5) is 23.1 Å². The highest BCUT2D eigenvalue weighted by Crippen LogP contribution is 2.20. The molecular formula is C17H23N5O. The number of amides is 1. The van der Waals surface area contributed by atoms with Gasteiger partial charge in [0, 0.05) is 35.6 Å². The number of rotatable bonds is 4. The number of aryl methyl sites for hydroxylation is 1. The fraction of sp³-hybridized carbons (Fsp3) is 0.353. The van der Waals surface area contributed by atoms with Gasteiger partial charge in [0.25, 0.3) is 0 Å². The van der Waals surface area contributed by atoms with Gasteiger partial charge in [0.05, 0.1) is 0 Å². The molecule has 0 atom stereocenters. The number of hydrogen-bond acceptors (Lipinski definition) is 5. The molecule has 0 fully saturated rings. The predicted molar refractivity (Wildman–Crippen MR) is 94.2 cm³/mol. The Morgan fingerprint density at radius 2 is 1.65 bits per heavy atom. The zero-order valence-corrected chi connectivity index (χ0v) is 14.2. The number of nitrogens with one attached hydrogen (secondary N) is 3. The summed E-state index contributed by atoms with van der Waals surface area (Å²) < 4.78 is 0. The summed E-state index contributed by atoms with van der Waals surface area (Å²) in [5.74, 6) is 1.22. The van der Waals surface area contributed by atoms with E-state index < -0.39 is 0 Å². The lowest BCUT2D eigenvalue weighted by molar-refractivity contribution is -0.114. The van der Waals surface area contributed by atoms with Crippen LogP contribution in [0.25, 0.3) is 0 Å². The first-order valence-electron chi connectivity index (χ1n) is 7.50. The summed E-state index contributed by atoms with van der Waals surface area (Å²) in [7, 11) is 0. The highest BCUT2D eigenvalue weighted by atomic mass is 16.1. The minimum atomic E-state index is -0.106. The summed E-state index contributed by atoms with van der Waals surface area (Å²) in [4.78, 5) is 19.9. The van der Waals surface area contributed by atoms with E-state index in [4.69, 9.17) is 0 Å². The second-order valence-corrected chi connectivity index (χ2v) is 6.48. The summed E-state index contributed by atoms with van der Waals surface area (Å²) >= 11 is 0. The number of anilines is 4. The first kappa shape index (κ1) is 16.7. The van der Waals surface area contributed by atoms with Gasteiger partial charge in [-0.2, -0.15) is 4.98 Å². The van der Waals surface area contributed by atoms with Crippen molar-refractivity contribution >= 4 is 29.0 Å². The summed E-state index contributed by atoms with van der Waals surface area (Å²) in [6.45, 7) is 9.60. The smallest absolute Gasteiger partial charge is 0.225 e. The SMILES string of the molecule is CC(=O)Nc1ccc(Nc2cc(C)nc(NC(C)(C)C)n2)cc1. The zero-order valence-electron chi connectivity index (χ0n) is 14.2. The van der Waals surface area contributed by atoms with Crippen LogP contribution in [0.3, 0.4) is 0 Å². The number of aromatic nitrogens is 2. The van der Waals surface area contributed by atoms with Crippen LogP contribution in [0.5, 0.6) is 0 Å². The lowest BCUT2D eigenvalue weighted by Gasteiger charge is -2.21.